The molecule has 0 saturated carbocycles. The monoisotopic (exact) mass is 630 g/mol. The Morgan fingerprint density at radius 2 is 1.52 bits per heavy atom. The summed E-state index contributed by atoms with van der Waals surface area (Å²) >= 11 is 0. The van der Waals surface area contributed by atoms with Crippen molar-refractivity contribution in [2.24, 2.45) is 0 Å². The number of phenolic OH excluding ortho intramolecular Hbond substituents is 1. The summed E-state index contributed by atoms with van der Waals surface area (Å²) in [5.74, 6) is -1.37. The van der Waals surface area contributed by atoms with Crippen molar-refractivity contribution in [3.63, 3.8) is 0 Å². The smallest absolute Gasteiger partial charge is 0.308 e. The molecule has 3 aromatic carbocycles. The van der Waals surface area contributed by atoms with Crippen LogP contribution in [0.3, 0.4) is 0 Å². The number of halogens is 1. The molecule has 0 spiro atoms. The van der Waals surface area contributed by atoms with Crippen LogP contribution in [0.2, 0.25) is 0 Å². The molecule has 1 heterocycles. The Bertz CT molecular complexity index is 1620. The van der Waals surface area contributed by atoms with E-state index in [-0.39, 0.29) is 43.4 Å². The van der Waals surface area contributed by atoms with Crippen molar-refractivity contribution in [1.82, 2.24) is 4.57 Å². The summed E-state index contributed by atoms with van der Waals surface area (Å²) in [4.78, 5) is 26.4. The zero-order chi connectivity index (χ0) is 33.6. The van der Waals surface area contributed by atoms with Gasteiger partial charge in [0.05, 0.1) is 29.9 Å². The minimum Gasteiger partial charge on any atom is -0.508 e. The first kappa shape index (κ1) is 34.4. The van der Waals surface area contributed by atoms with Gasteiger partial charge in [0.2, 0.25) is 0 Å². The number of hydrogen-bond acceptors (Lipinski definition) is 6. The number of aliphatic hydroxyl groups excluding tert-OH is 2. The van der Waals surface area contributed by atoms with Crippen molar-refractivity contribution >= 4 is 17.6 Å². The van der Waals surface area contributed by atoms with E-state index in [4.69, 9.17) is 4.74 Å². The van der Waals surface area contributed by atoms with Crippen molar-refractivity contribution < 1.29 is 34.0 Å². The zero-order valence-corrected chi connectivity index (χ0v) is 27.0. The van der Waals surface area contributed by atoms with Gasteiger partial charge in [-0.25, -0.2) is 4.39 Å². The van der Waals surface area contributed by atoms with E-state index in [0.717, 1.165) is 11.3 Å². The van der Waals surface area contributed by atoms with Crippen molar-refractivity contribution in [1.29, 1.82) is 0 Å². The maximum Gasteiger partial charge on any atom is 0.308 e. The number of nitrogens with one attached hydrogen (secondary N) is 1. The summed E-state index contributed by atoms with van der Waals surface area (Å²) in [5.41, 5.74) is 3.79. The van der Waals surface area contributed by atoms with E-state index >= 15 is 0 Å². The van der Waals surface area contributed by atoms with E-state index in [1.807, 2.05) is 48.7 Å². The summed E-state index contributed by atoms with van der Waals surface area (Å²) in [7, 11) is 0. The minimum atomic E-state index is -1.10. The second-order valence-electron chi connectivity index (χ2n) is 12.8. The lowest BCUT2D eigenvalue weighted by Crippen LogP contribution is -2.28. The molecule has 4 N–H and O–H groups in total. The Labute approximate surface area is 269 Å². The zero-order valence-electron chi connectivity index (χ0n) is 27.0. The van der Waals surface area contributed by atoms with E-state index < -0.39 is 29.6 Å². The first-order chi connectivity index (χ1) is 21.7. The van der Waals surface area contributed by atoms with Crippen LogP contribution in [0.5, 0.6) is 5.75 Å². The predicted octanol–water partition coefficient (Wildman–Crippen LogP) is 7.28. The number of anilines is 1. The molecule has 1 amide bonds. The molecule has 46 heavy (non-hydrogen) atoms. The number of carbonyl (C=O) groups is 2. The molecule has 0 bridgehead atoms. The number of benzene rings is 3. The highest BCUT2D eigenvalue weighted by Crippen LogP contribution is 2.42. The fourth-order valence-corrected chi connectivity index (χ4v) is 5.60. The Balaban J connectivity index is 1.78. The Kier molecular flexibility index (Phi) is 11.0. The summed E-state index contributed by atoms with van der Waals surface area (Å²) in [5, 5.41) is 34.3. The molecule has 4 rings (SSSR count). The molecule has 8 nitrogen and oxygen atoms in total. The maximum atomic E-state index is 14.2. The van der Waals surface area contributed by atoms with E-state index in [2.05, 4.69) is 5.32 Å². The minimum absolute atomic E-state index is 0.0385. The summed E-state index contributed by atoms with van der Waals surface area (Å²) in [6.45, 7) is 9.47. The number of rotatable bonds is 12. The number of carbonyl (C=O) groups excluding carboxylic acids is 2. The standard InChI is InChI=1S/C37H43FN2O6/c1-23(2)34-33(36(45)39-27-15-17-28(41)18-16-27)32(24-9-7-6-8-10-24)35(25-11-13-26(38)14-12-25)40(34)20-19-29(42)21-30(43)22-31(44)46-37(3,4)5/h6-18,23,29-30,41-43H,19-22H2,1-5H3,(H,39,45). The number of aromatic hydroxyl groups is 1. The Morgan fingerprint density at radius 1 is 0.891 bits per heavy atom. The van der Waals surface area contributed by atoms with Gasteiger partial charge < -0.3 is 29.9 Å². The first-order valence-corrected chi connectivity index (χ1v) is 15.5. The van der Waals surface area contributed by atoms with E-state index in [0.29, 0.717) is 28.1 Å². The molecule has 4 aromatic rings. The van der Waals surface area contributed by atoms with Gasteiger partial charge in [0.1, 0.15) is 17.2 Å². The quantitative estimate of drug-likeness (QED) is 0.0965. The molecule has 0 aliphatic heterocycles. The van der Waals surface area contributed by atoms with Gasteiger partial charge in [-0.1, -0.05) is 44.2 Å². The van der Waals surface area contributed by atoms with E-state index in [9.17, 15) is 29.3 Å². The second kappa shape index (κ2) is 14.7. The van der Waals surface area contributed by atoms with Crippen LogP contribution in [0.1, 0.15) is 75.9 Å². The largest absolute Gasteiger partial charge is 0.508 e. The van der Waals surface area contributed by atoms with Crippen LogP contribution in [0.25, 0.3) is 22.4 Å². The SMILES string of the molecule is CC(C)c1c(C(=O)Nc2ccc(O)cc2)c(-c2ccccc2)c(-c2ccc(F)cc2)n1CCC(O)CC(O)CC(=O)OC(C)(C)C. The number of aromatic nitrogens is 1. The van der Waals surface area contributed by atoms with Crippen LogP contribution in [0, 0.1) is 5.82 Å². The molecular formula is C37H43FN2O6. The molecular weight excluding hydrogens is 587 g/mol. The molecule has 2 atom stereocenters. The van der Waals surface area contributed by atoms with Crippen molar-refractivity contribution in [3.8, 4) is 28.1 Å². The molecule has 0 saturated heterocycles. The molecule has 0 aliphatic rings. The number of hydrogen-bond donors (Lipinski definition) is 4. The lowest BCUT2D eigenvalue weighted by Gasteiger charge is -2.22. The molecule has 244 valence electrons. The van der Waals surface area contributed by atoms with Crippen LogP contribution in [0.4, 0.5) is 10.1 Å². The number of phenols is 1. The van der Waals surface area contributed by atoms with Gasteiger partial charge >= 0.3 is 5.97 Å². The summed E-state index contributed by atoms with van der Waals surface area (Å²) < 4.78 is 21.4. The van der Waals surface area contributed by atoms with Gasteiger partial charge in [0, 0.05) is 23.5 Å². The van der Waals surface area contributed by atoms with Crippen molar-refractivity contribution in [3.05, 3.63) is 95.9 Å². The van der Waals surface area contributed by atoms with E-state index in [1.165, 1.54) is 24.3 Å². The summed E-state index contributed by atoms with van der Waals surface area (Å²) in [6.07, 6.45) is -2.13. The number of amides is 1. The fourth-order valence-electron chi connectivity index (χ4n) is 5.60. The number of ether oxygens (including phenoxy) is 1. The average Bonchev–Trinajstić information content (AvgIpc) is 3.32. The van der Waals surface area contributed by atoms with Gasteiger partial charge in [-0.3, -0.25) is 9.59 Å². The molecule has 0 radical (unpaired) electrons. The third-order valence-electron chi connectivity index (χ3n) is 7.44. The van der Waals surface area contributed by atoms with Gasteiger partial charge in [0.15, 0.2) is 0 Å². The Hall–Kier alpha value is -4.47. The Morgan fingerprint density at radius 3 is 2.11 bits per heavy atom. The van der Waals surface area contributed by atoms with Crippen LogP contribution in [-0.2, 0) is 16.1 Å². The highest BCUT2D eigenvalue weighted by molar-refractivity contribution is 6.12. The van der Waals surface area contributed by atoms with Crippen LogP contribution in [-0.4, -0.2) is 49.6 Å². The molecule has 0 aliphatic carbocycles. The van der Waals surface area contributed by atoms with Gasteiger partial charge in [-0.15, -0.1) is 0 Å². The predicted molar refractivity (Wildman–Crippen MR) is 177 cm³/mol. The molecule has 2 unspecified atom stereocenters. The van der Waals surface area contributed by atoms with Gasteiger partial charge in [0.25, 0.3) is 5.91 Å². The van der Waals surface area contributed by atoms with E-state index in [1.54, 1.807) is 45.0 Å². The third-order valence-corrected chi connectivity index (χ3v) is 7.44. The van der Waals surface area contributed by atoms with Gasteiger partial charge in [-0.05, 0) is 99.2 Å². The summed E-state index contributed by atoms with van der Waals surface area (Å²) in [6, 6.07) is 21.8. The van der Waals surface area contributed by atoms with Crippen LogP contribution < -0.4 is 5.32 Å². The number of esters is 1. The second-order valence-corrected chi connectivity index (χ2v) is 12.8. The van der Waals surface area contributed by atoms with Gasteiger partial charge in [-0.2, -0.15) is 0 Å². The average molecular weight is 631 g/mol. The van der Waals surface area contributed by atoms with Crippen molar-refractivity contribution in [2.45, 2.75) is 84.2 Å². The number of nitrogens with zero attached hydrogens (tertiary/aromatic N) is 1. The first-order valence-electron chi connectivity index (χ1n) is 15.5. The maximum absolute atomic E-state index is 14.2. The van der Waals surface area contributed by atoms with Crippen molar-refractivity contribution in [2.75, 3.05) is 5.32 Å². The fraction of sp³-hybridized carbons (Fsp3) is 0.351. The number of aliphatic hydroxyl groups is 2. The molecule has 9 heteroatoms. The lowest BCUT2D eigenvalue weighted by atomic mass is 9.94. The molecule has 0 fully saturated rings. The van der Waals surface area contributed by atoms with Crippen LogP contribution in [0.15, 0.2) is 78.9 Å². The highest BCUT2D eigenvalue weighted by Gasteiger charge is 2.31. The highest BCUT2D eigenvalue weighted by atomic mass is 19.1. The molecule has 1 aromatic heterocycles. The lowest BCUT2D eigenvalue weighted by molar-refractivity contribution is -0.157. The normalized spacial score (nSPS) is 13.0. The van der Waals surface area contributed by atoms with Crippen LogP contribution >= 0.6 is 0 Å². The third kappa shape index (κ3) is 8.83. The topological polar surface area (TPSA) is 121 Å².